The van der Waals surface area contributed by atoms with E-state index in [4.69, 9.17) is 18.5 Å². The van der Waals surface area contributed by atoms with E-state index in [1.807, 2.05) is 0 Å². The lowest BCUT2D eigenvalue weighted by Crippen LogP contribution is -2.54. The van der Waals surface area contributed by atoms with Gasteiger partial charge in [0.1, 0.15) is 35.8 Å². The zero-order valence-corrected chi connectivity index (χ0v) is 23.7. The van der Waals surface area contributed by atoms with E-state index in [0.29, 0.717) is 4.57 Å². The molecule has 3 aromatic rings. The summed E-state index contributed by atoms with van der Waals surface area (Å²) in [6.07, 6.45) is -11.6. The van der Waals surface area contributed by atoms with Gasteiger partial charge >= 0.3 is 19.9 Å². The summed E-state index contributed by atoms with van der Waals surface area (Å²) in [6, 6.07) is 6.28. The Morgan fingerprint density at radius 2 is 1.90 bits per heavy atom. The van der Waals surface area contributed by atoms with Gasteiger partial charge in [-0.1, -0.05) is 18.2 Å². The molecule has 1 aromatic carbocycles. The number of aliphatic hydroxyl groups is 1. The van der Waals surface area contributed by atoms with Crippen molar-refractivity contribution in [1.82, 2.24) is 24.6 Å². The van der Waals surface area contributed by atoms with Gasteiger partial charge in [-0.2, -0.15) is 18.3 Å². The summed E-state index contributed by atoms with van der Waals surface area (Å²) in [5, 5.41) is 15.7. The molecule has 6 atom stereocenters. The quantitative estimate of drug-likeness (QED) is 0.163. The average Bonchev–Trinajstić information content (AvgIpc) is 3.46. The Kier molecular flexibility index (Phi) is 9.08. The Balaban J connectivity index is 1.63. The predicted molar refractivity (Wildman–Crippen MR) is 139 cm³/mol. The summed E-state index contributed by atoms with van der Waals surface area (Å²) in [4.78, 5) is 24.1. The first-order valence-corrected chi connectivity index (χ1v) is 14.2. The van der Waals surface area contributed by atoms with Gasteiger partial charge in [0.2, 0.25) is 0 Å². The third-order valence-electron chi connectivity index (χ3n) is 6.16. The number of anilines is 1. The van der Waals surface area contributed by atoms with Crippen LogP contribution in [-0.4, -0.2) is 80.4 Å². The van der Waals surface area contributed by atoms with Gasteiger partial charge in [0.15, 0.2) is 17.7 Å². The molecule has 1 aliphatic rings. The monoisotopic (exact) mass is 620 g/mol. The van der Waals surface area contributed by atoms with E-state index < -0.39 is 62.7 Å². The van der Waals surface area contributed by atoms with Gasteiger partial charge in [0.25, 0.3) is 5.67 Å². The molecule has 0 saturated carbocycles. The highest BCUT2D eigenvalue weighted by Crippen LogP contribution is 2.53. The summed E-state index contributed by atoms with van der Waals surface area (Å²) >= 11 is 0. The molecule has 1 saturated heterocycles. The molecule has 0 unspecified atom stereocenters. The Morgan fingerprint density at radius 3 is 2.52 bits per heavy atom. The number of nitrogens with one attached hydrogen (secondary N) is 2. The van der Waals surface area contributed by atoms with E-state index in [1.165, 1.54) is 26.1 Å². The fourth-order valence-corrected chi connectivity index (χ4v) is 5.68. The van der Waals surface area contributed by atoms with Gasteiger partial charge in [0.05, 0.1) is 19.0 Å². The number of fused-ring (bicyclic) bond motifs is 1. The lowest BCUT2D eigenvalue weighted by atomic mass is 9.95. The molecule has 1 fully saturated rings. The number of rotatable bonds is 11. The highest BCUT2D eigenvalue weighted by atomic mass is 31.2. The summed E-state index contributed by atoms with van der Waals surface area (Å²) < 4.78 is 94.2. The van der Waals surface area contributed by atoms with Gasteiger partial charge in [-0.3, -0.25) is 13.9 Å². The van der Waals surface area contributed by atoms with Crippen LogP contribution in [0.25, 0.3) is 11.2 Å². The number of nitrogens with zero attached hydrogens (tertiary/aromatic N) is 4. The molecular weight excluding hydrogens is 591 g/mol. The highest BCUT2D eigenvalue weighted by molar-refractivity contribution is 7.52. The van der Waals surface area contributed by atoms with E-state index in [9.17, 15) is 27.6 Å². The summed E-state index contributed by atoms with van der Waals surface area (Å²) in [5.74, 6) is -0.648. The number of para-hydroxylation sites is 1. The maximum atomic E-state index is 16.0. The summed E-state index contributed by atoms with van der Waals surface area (Å²) in [7, 11) is -3.09. The molecule has 0 radical (unpaired) electrons. The third-order valence-corrected chi connectivity index (χ3v) is 7.81. The number of halogens is 4. The molecule has 3 N–H and O–H groups in total. The Bertz CT molecular complexity index is 1450. The molecule has 13 nitrogen and oxygen atoms in total. The fourth-order valence-electron chi connectivity index (χ4n) is 4.17. The number of alkyl halides is 4. The lowest BCUT2D eigenvalue weighted by Gasteiger charge is -2.31. The molecule has 18 heteroatoms. The van der Waals surface area contributed by atoms with Crippen LogP contribution in [0.15, 0.2) is 43.0 Å². The van der Waals surface area contributed by atoms with Crippen molar-refractivity contribution in [1.29, 1.82) is 0 Å². The van der Waals surface area contributed by atoms with E-state index >= 15 is 4.39 Å². The first kappa shape index (κ1) is 31.6. The number of aliphatic hydroxyl groups excluding tert-OH is 1. The molecular formula is C24H29F4N6O7P. The molecule has 230 valence electrons. The van der Waals surface area contributed by atoms with Crippen molar-refractivity contribution in [3.05, 3.63) is 43.0 Å². The number of carbonyl (C=O) groups excluding carboxylic acids is 1. The smallest absolute Gasteiger partial charge is 0.459 e. The van der Waals surface area contributed by atoms with Crippen LogP contribution in [0.4, 0.5) is 23.4 Å². The van der Waals surface area contributed by atoms with E-state index in [-0.39, 0.29) is 22.7 Å². The third kappa shape index (κ3) is 6.20. The highest BCUT2D eigenvalue weighted by Gasteiger charge is 2.73. The number of esters is 1. The zero-order valence-electron chi connectivity index (χ0n) is 22.8. The maximum Gasteiger partial charge on any atom is 0.459 e. The molecule has 0 amide bonds. The number of carbonyl (C=O) groups is 1. The van der Waals surface area contributed by atoms with Crippen LogP contribution in [0.5, 0.6) is 5.75 Å². The van der Waals surface area contributed by atoms with Crippen molar-refractivity contribution in [3.63, 3.8) is 0 Å². The number of imidazole rings is 1. The van der Waals surface area contributed by atoms with Crippen molar-refractivity contribution in [2.75, 3.05) is 19.0 Å². The second-order valence-electron chi connectivity index (χ2n) is 9.57. The van der Waals surface area contributed by atoms with Crippen molar-refractivity contribution >= 4 is 30.7 Å². The van der Waals surface area contributed by atoms with Crippen LogP contribution < -0.4 is 14.9 Å². The van der Waals surface area contributed by atoms with Crippen LogP contribution in [-0.2, 0) is 23.4 Å². The first-order chi connectivity index (χ1) is 19.7. The predicted octanol–water partition coefficient (Wildman–Crippen LogP) is 3.53. The van der Waals surface area contributed by atoms with Crippen molar-refractivity contribution in [3.8, 4) is 5.75 Å². The zero-order chi connectivity index (χ0) is 30.9. The Morgan fingerprint density at radius 1 is 1.21 bits per heavy atom. The van der Waals surface area contributed by atoms with Crippen LogP contribution in [0, 0.1) is 0 Å². The van der Waals surface area contributed by atoms with Crippen molar-refractivity contribution < 1.29 is 50.5 Å². The molecule has 0 aliphatic carbocycles. The average molecular weight is 620 g/mol. The minimum atomic E-state index is -5.64. The SMILES string of the molecule is CNc1ncnc2c1ncn2[C@@H]1O[C@H](CO[P@@](=O)(N[C@H](C)C(=O)OC(C)C)Oc2ccccc2)[C@@H](O)[C@]1(F)C(F)(F)F. The number of hydrogen-bond donors (Lipinski definition) is 3. The van der Waals surface area contributed by atoms with Crippen LogP contribution >= 0.6 is 7.75 Å². The molecule has 0 spiro atoms. The number of ether oxygens (including phenoxy) is 2. The molecule has 0 bridgehead atoms. The second-order valence-corrected chi connectivity index (χ2v) is 11.3. The van der Waals surface area contributed by atoms with Crippen LogP contribution in [0.1, 0.15) is 27.0 Å². The van der Waals surface area contributed by atoms with Crippen LogP contribution in [0.2, 0.25) is 0 Å². The van der Waals surface area contributed by atoms with Crippen molar-refractivity contribution in [2.45, 2.75) is 63.2 Å². The minimum absolute atomic E-state index is 0.0172. The van der Waals surface area contributed by atoms with Gasteiger partial charge < -0.3 is 24.4 Å². The molecule has 3 heterocycles. The Labute approximate surface area is 237 Å². The topological polar surface area (TPSA) is 159 Å². The van der Waals surface area contributed by atoms with Crippen molar-refractivity contribution in [2.24, 2.45) is 0 Å². The van der Waals surface area contributed by atoms with Crippen LogP contribution in [0.3, 0.4) is 0 Å². The summed E-state index contributed by atoms with van der Waals surface area (Å²) in [6.45, 7) is 3.43. The Hall–Kier alpha value is -3.37. The number of aromatic nitrogens is 4. The number of benzene rings is 1. The molecule has 42 heavy (non-hydrogen) atoms. The first-order valence-electron chi connectivity index (χ1n) is 12.6. The molecule has 2 aromatic heterocycles. The van der Waals surface area contributed by atoms with Gasteiger partial charge in [-0.15, -0.1) is 0 Å². The van der Waals surface area contributed by atoms with E-state index in [0.717, 1.165) is 12.7 Å². The van der Waals surface area contributed by atoms with E-state index in [2.05, 4.69) is 25.4 Å². The summed E-state index contributed by atoms with van der Waals surface area (Å²) in [5.41, 5.74) is -4.56. The van der Waals surface area contributed by atoms with E-state index in [1.54, 1.807) is 32.0 Å². The maximum absolute atomic E-state index is 16.0. The standard InChI is InChI=1S/C24H29F4N6O7P/c1-13(2)39-21(36)14(3)33-42(37,41-15-8-6-5-7-9-15)38-10-16-18(35)23(25,24(26,27)28)22(40-16)34-12-32-17-19(29-4)30-11-31-20(17)34/h5-9,11-14,16,18,22,35H,10H2,1-4H3,(H,33,37)(H,29,30,31)/t14-,16-,18-,22-,23-,42+/m1/s1. The molecule has 1 aliphatic heterocycles. The number of hydrogen-bond acceptors (Lipinski definition) is 11. The normalized spacial score (nSPS) is 24.9. The fraction of sp³-hybridized carbons (Fsp3) is 0.500. The van der Waals surface area contributed by atoms with Gasteiger partial charge in [-0.05, 0) is 32.9 Å². The second kappa shape index (κ2) is 12.1. The van der Waals surface area contributed by atoms with Gasteiger partial charge in [0, 0.05) is 7.05 Å². The molecule has 4 rings (SSSR count). The lowest BCUT2D eigenvalue weighted by molar-refractivity contribution is -0.273. The van der Waals surface area contributed by atoms with Gasteiger partial charge in [-0.25, -0.2) is 23.9 Å². The minimum Gasteiger partial charge on any atom is -0.462 e. The largest absolute Gasteiger partial charge is 0.462 e.